The Morgan fingerprint density at radius 3 is 2.27 bits per heavy atom. The fraction of sp³-hybridized carbons (Fsp3) is 0.917. The summed E-state index contributed by atoms with van der Waals surface area (Å²) in [6.07, 6.45) is 8.31. The maximum Gasteiger partial charge on any atom is 0.225 e. The first-order chi connectivity index (χ1) is 7.25. The summed E-state index contributed by atoms with van der Waals surface area (Å²) in [6, 6.07) is 0. The van der Waals surface area contributed by atoms with Crippen LogP contribution in [0, 0.1) is 5.92 Å². The van der Waals surface area contributed by atoms with E-state index in [9.17, 15) is 4.79 Å². The minimum atomic E-state index is 0.0644. The lowest BCUT2D eigenvalue weighted by Gasteiger charge is -2.24. The first kappa shape index (κ1) is 12.5. The Morgan fingerprint density at radius 2 is 1.73 bits per heavy atom. The van der Waals surface area contributed by atoms with Crippen LogP contribution >= 0.6 is 0 Å². The van der Waals surface area contributed by atoms with E-state index in [0.717, 1.165) is 12.8 Å². The molecule has 1 N–H and O–H groups in total. The van der Waals surface area contributed by atoms with Gasteiger partial charge in [-0.25, -0.2) is 0 Å². The van der Waals surface area contributed by atoms with E-state index >= 15 is 0 Å². The fourth-order valence-corrected chi connectivity index (χ4v) is 2.27. The number of carbonyl (C=O) groups excluding carboxylic acids is 1. The standard InChI is InChI=1S/C12H23NO2/c1-13(9-10-14)12(15)11-7-5-3-2-4-6-8-11/h11,14H,2-10H2,1H3. The quantitative estimate of drug-likeness (QED) is 0.776. The molecular weight excluding hydrogens is 190 g/mol. The Morgan fingerprint density at radius 1 is 1.20 bits per heavy atom. The zero-order valence-corrected chi connectivity index (χ0v) is 9.74. The average molecular weight is 213 g/mol. The lowest BCUT2D eigenvalue weighted by atomic mass is 9.90. The zero-order valence-electron chi connectivity index (χ0n) is 9.74. The van der Waals surface area contributed by atoms with Crippen LogP contribution in [-0.4, -0.2) is 36.1 Å². The third-order valence-electron chi connectivity index (χ3n) is 3.27. The van der Waals surface area contributed by atoms with Crippen molar-refractivity contribution in [3.8, 4) is 0 Å². The van der Waals surface area contributed by atoms with E-state index in [-0.39, 0.29) is 18.4 Å². The first-order valence-electron chi connectivity index (χ1n) is 6.11. The van der Waals surface area contributed by atoms with Gasteiger partial charge in [0.05, 0.1) is 6.61 Å². The molecule has 1 saturated carbocycles. The van der Waals surface area contributed by atoms with Crippen molar-refractivity contribution in [2.24, 2.45) is 5.92 Å². The van der Waals surface area contributed by atoms with Crippen molar-refractivity contribution in [3.05, 3.63) is 0 Å². The van der Waals surface area contributed by atoms with Crippen molar-refractivity contribution in [2.45, 2.75) is 44.9 Å². The molecule has 1 aliphatic rings. The van der Waals surface area contributed by atoms with E-state index in [2.05, 4.69) is 0 Å². The molecule has 0 bridgehead atoms. The number of hydrogen-bond acceptors (Lipinski definition) is 2. The van der Waals surface area contributed by atoms with Gasteiger partial charge in [0.25, 0.3) is 0 Å². The molecule has 0 radical (unpaired) electrons. The summed E-state index contributed by atoms with van der Waals surface area (Å²) in [7, 11) is 1.79. The van der Waals surface area contributed by atoms with Crippen molar-refractivity contribution in [1.29, 1.82) is 0 Å². The molecular formula is C12H23NO2. The van der Waals surface area contributed by atoms with Gasteiger partial charge in [-0.05, 0) is 12.8 Å². The molecule has 0 atom stereocenters. The summed E-state index contributed by atoms with van der Waals surface area (Å²) in [5, 5.41) is 8.79. The highest BCUT2D eigenvalue weighted by Crippen LogP contribution is 2.23. The van der Waals surface area contributed by atoms with Crippen molar-refractivity contribution in [1.82, 2.24) is 4.90 Å². The molecule has 1 amide bonds. The van der Waals surface area contributed by atoms with E-state index in [1.165, 1.54) is 32.1 Å². The van der Waals surface area contributed by atoms with Crippen LogP contribution in [0.2, 0.25) is 0 Å². The summed E-state index contributed by atoms with van der Waals surface area (Å²) in [5.41, 5.74) is 0. The highest BCUT2D eigenvalue weighted by molar-refractivity contribution is 5.78. The van der Waals surface area contributed by atoms with E-state index in [0.29, 0.717) is 6.54 Å². The van der Waals surface area contributed by atoms with Crippen molar-refractivity contribution in [3.63, 3.8) is 0 Å². The van der Waals surface area contributed by atoms with Gasteiger partial charge in [0.2, 0.25) is 5.91 Å². The van der Waals surface area contributed by atoms with Crippen LogP contribution in [0.25, 0.3) is 0 Å². The topological polar surface area (TPSA) is 40.5 Å². The maximum absolute atomic E-state index is 12.0. The van der Waals surface area contributed by atoms with Crippen LogP contribution in [0.15, 0.2) is 0 Å². The van der Waals surface area contributed by atoms with Gasteiger partial charge in [-0.3, -0.25) is 4.79 Å². The monoisotopic (exact) mass is 213 g/mol. The van der Waals surface area contributed by atoms with Gasteiger partial charge in [0.1, 0.15) is 0 Å². The molecule has 0 aliphatic heterocycles. The number of aliphatic hydroxyl groups is 1. The minimum Gasteiger partial charge on any atom is -0.395 e. The molecule has 0 heterocycles. The lowest BCUT2D eigenvalue weighted by molar-refractivity contribution is -0.135. The Labute approximate surface area is 92.5 Å². The van der Waals surface area contributed by atoms with Gasteiger partial charge >= 0.3 is 0 Å². The predicted molar refractivity (Wildman–Crippen MR) is 60.5 cm³/mol. The number of rotatable bonds is 3. The number of aliphatic hydroxyl groups excluding tert-OH is 1. The normalized spacial score (nSPS) is 19.3. The maximum atomic E-state index is 12.0. The molecule has 0 unspecified atom stereocenters. The summed E-state index contributed by atoms with van der Waals surface area (Å²) in [4.78, 5) is 13.6. The second-order valence-electron chi connectivity index (χ2n) is 4.53. The van der Waals surface area contributed by atoms with Gasteiger partial charge in [0, 0.05) is 19.5 Å². The summed E-state index contributed by atoms with van der Waals surface area (Å²) in [5.74, 6) is 0.438. The van der Waals surface area contributed by atoms with Crippen LogP contribution in [0.3, 0.4) is 0 Å². The van der Waals surface area contributed by atoms with E-state index in [1.807, 2.05) is 0 Å². The molecule has 15 heavy (non-hydrogen) atoms. The highest BCUT2D eigenvalue weighted by atomic mass is 16.3. The first-order valence-corrected chi connectivity index (χ1v) is 6.11. The van der Waals surface area contributed by atoms with Crippen LogP contribution < -0.4 is 0 Å². The smallest absolute Gasteiger partial charge is 0.225 e. The van der Waals surface area contributed by atoms with Gasteiger partial charge in [0.15, 0.2) is 0 Å². The number of nitrogens with zero attached hydrogens (tertiary/aromatic N) is 1. The number of amides is 1. The Bertz CT molecular complexity index is 186. The van der Waals surface area contributed by atoms with Gasteiger partial charge in [-0.1, -0.05) is 32.1 Å². The lowest BCUT2D eigenvalue weighted by Crippen LogP contribution is -2.35. The molecule has 3 heteroatoms. The highest BCUT2D eigenvalue weighted by Gasteiger charge is 2.21. The minimum absolute atomic E-state index is 0.0644. The summed E-state index contributed by atoms with van der Waals surface area (Å²) in [6.45, 7) is 0.532. The number of carbonyl (C=O) groups is 1. The number of likely N-dealkylation sites (N-methyl/N-ethyl adjacent to an activating group) is 1. The van der Waals surface area contributed by atoms with Crippen LogP contribution in [-0.2, 0) is 4.79 Å². The average Bonchev–Trinajstić information content (AvgIpc) is 2.16. The van der Waals surface area contributed by atoms with Crippen molar-refractivity contribution < 1.29 is 9.90 Å². The molecule has 88 valence electrons. The fourth-order valence-electron chi connectivity index (χ4n) is 2.27. The molecule has 0 saturated heterocycles. The molecule has 1 fully saturated rings. The Kier molecular flexibility index (Phi) is 5.69. The molecule has 1 aliphatic carbocycles. The molecule has 0 aromatic rings. The summed E-state index contributed by atoms with van der Waals surface area (Å²) < 4.78 is 0. The zero-order chi connectivity index (χ0) is 11.1. The molecule has 1 rings (SSSR count). The largest absolute Gasteiger partial charge is 0.395 e. The third kappa shape index (κ3) is 4.20. The second kappa shape index (κ2) is 6.83. The van der Waals surface area contributed by atoms with Crippen molar-refractivity contribution >= 4 is 5.91 Å². The number of hydrogen-bond donors (Lipinski definition) is 1. The van der Waals surface area contributed by atoms with Crippen molar-refractivity contribution in [2.75, 3.05) is 20.2 Å². The SMILES string of the molecule is CN(CCO)C(=O)C1CCCCCCC1. The third-order valence-corrected chi connectivity index (χ3v) is 3.27. The summed E-state index contributed by atoms with van der Waals surface area (Å²) >= 11 is 0. The molecule has 0 spiro atoms. The molecule has 3 nitrogen and oxygen atoms in total. The van der Waals surface area contributed by atoms with Gasteiger partial charge in [-0.15, -0.1) is 0 Å². The predicted octanol–water partition coefficient (Wildman–Crippen LogP) is 1.80. The Balaban J connectivity index is 2.40. The van der Waals surface area contributed by atoms with E-state index in [1.54, 1.807) is 11.9 Å². The van der Waals surface area contributed by atoms with Crippen LogP contribution in [0.4, 0.5) is 0 Å². The van der Waals surface area contributed by atoms with Crippen LogP contribution in [0.1, 0.15) is 44.9 Å². The molecule has 0 aromatic heterocycles. The van der Waals surface area contributed by atoms with Crippen LogP contribution in [0.5, 0.6) is 0 Å². The Hall–Kier alpha value is -0.570. The molecule has 0 aromatic carbocycles. The van der Waals surface area contributed by atoms with E-state index < -0.39 is 0 Å². The van der Waals surface area contributed by atoms with E-state index in [4.69, 9.17) is 5.11 Å². The second-order valence-corrected chi connectivity index (χ2v) is 4.53. The van der Waals surface area contributed by atoms with Gasteiger partial charge < -0.3 is 10.0 Å². The van der Waals surface area contributed by atoms with Gasteiger partial charge in [-0.2, -0.15) is 0 Å².